The minimum absolute atomic E-state index is 0.105. The normalized spacial score (nSPS) is 25.5. The second kappa shape index (κ2) is 11.9. The number of hydrogen-bond donors (Lipinski definition) is 1. The minimum atomic E-state index is -0.678. The SMILES string of the molecule is CCCCN1C(=O)[C@H](CC2CCCCC2)NC(=O)C12CCN(C(c1ccccc1)C(C)CC)CC2. The first kappa shape index (κ1) is 26.2. The van der Waals surface area contributed by atoms with E-state index < -0.39 is 5.54 Å². The van der Waals surface area contributed by atoms with Gasteiger partial charge in [0.25, 0.3) is 0 Å². The molecule has 5 nitrogen and oxygen atoms in total. The zero-order valence-corrected chi connectivity index (χ0v) is 22.3. The summed E-state index contributed by atoms with van der Waals surface area (Å²) in [4.78, 5) is 32.2. The van der Waals surface area contributed by atoms with Crippen LogP contribution in [-0.2, 0) is 9.59 Å². The van der Waals surface area contributed by atoms with Crippen LogP contribution in [0.25, 0.3) is 0 Å². The molecule has 0 bridgehead atoms. The second-order valence-corrected chi connectivity index (χ2v) is 11.4. The van der Waals surface area contributed by atoms with Gasteiger partial charge >= 0.3 is 0 Å². The van der Waals surface area contributed by atoms with Gasteiger partial charge in [0.15, 0.2) is 0 Å². The van der Waals surface area contributed by atoms with Crippen molar-refractivity contribution < 1.29 is 9.59 Å². The van der Waals surface area contributed by atoms with E-state index >= 15 is 0 Å². The minimum Gasteiger partial charge on any atom is -0.342 e. The Kier molecular flexibility index (Phi) is 8.91. The number of rotatable bonds is 9. The van der Waals surface area contributed by atoms with Gasteiger partial charge in [0, 0.05) is 25.7 Å². The third-order valence-corrected chi connectivity index (χ3v) is 9.18. The Bertz CT molecular complexity index is 827. The fraction of sp³-hybridized carbons (Fsp3) is 0.733. The van der Waals surface area contributed by atoms with E-state index in [2.05, 4.69) is 61.3 Å². The van der Waals surface area contributed by atoms with Crippen molar-refractivity contribution in [3.05, 3.63) is 35.9 Å². The van der Waals surface area contributed by atoms with Crippen LogP contribution in [0.3, 0.4) is 0 Å². The highest BCUT2D eigenvalue weighted by Gasteiger charge is 2.54. The quantitative estimate of drug-likeness (QED) is 0.492. The van der Waals surface area contributed by atoms with E-state index in [-0.39, 0.29) is 17.9 Å². The molecule has 1 aliphatic carbocycles. The maximum Gasteiger partial charge on any atom is 0.246 e. The van der Waals surface area contributed by atoms with Crippen LogP contribution in [0.4, 0.5) is 0 Å². The van der Waals surface area contributed by atoms with Crippen molar-refractivity contribution in [1.82, 2.24) is 15.1 Å². The molecule has 1 aromatic carbocycles. The number of unbranched alkanes of at least 4 members (excludes halogenated alkanes) is 1. The van der Waals surface area contributed by atoms with Crippen LogP contribution in [0.1, 0.15) is 103 Å². The number of carbonyl (C=O) groups is 2. The fourth-order valence-corrected chi connectivity index (χ4v) is 6.87. The molecule has 2 heterocycles. The molecule has 3 aliphatic rings. The van der Waals surface area contributed by atoms with E-state index in [1.807, 2.05) is 4.90 Å². The molecule has 1 spiro atoms. The summed E-state index contributed by atoms with van der Waals surface area (Å²) in [5.74, 6) is 1.39. The summed E-state index contributed by atoms with van der Waals surface area (Å²) < 4.78 is 0. The topological polar surface area (TPSA) is 52.7 Å². The number of nitrogens with one attached hydrogen (secondary N) is 1. The lowest BCUT2D eigenvalue weighted by Crippen LogP contribution is -2.73. The molecule has 4 rings (SSSR count). The maximum atomic E-state index is 13.8. The van der Waals surface area contributed by atoms with E-state index in [9.17, 15) is 9.59 Å². The van der Waals surface area contributed by atoms with Crippen molar-refractivity contribution in [2.75, 3.05) is 19.6 Å². The van der Waals surface area contributed by atoms with Crippen LogP contribution < -0.4 is 5.32 Å². The number of piperidine rings is 1. The van der Waals surface area contributed by atoms with Gasteiger partial charge in [-0.2, -0.15) is 0 Å². The van der Waals surface area contributed by atoms with E-state index in [1.165, 1.54) is 37.7 Å². The first-order chi connectivity index (χ1) is 17.0. The van der Waals surface area contributed by atoms with Crippen molar-refractivity contribution in [1.29, 1.82) is 0 Å². The Balaban J connectivity index is 1.51. The predicted octanol–water partition coefficient (Wildman–Crippen LogP) is 5.71. The van der Waals surface area contributed by atoms with Gasteiger partial charge in [0.05, 0.1) is 0 Å². The molecule has 35 heavy (non-hydrogen) atoms. The Morgan fingerprint density at radius 2 is 1.71 bits per heavy atom. The highest BCUT2D eigenvalue weighted by atomic mass is 16.2. The van der Waals surface area contributed by atoms with Crippen molar-refractivity contribution in [2.24, 2.45) is 11.8 Å². The van der Waals surface area contributed by atoms with Gasteiger partial charge in [0.1, 0.15) is 11.6 Å². The largest absolute Gasteiger partial charge is 0.342 e. The number of hydrogen-bond acceptors (Lipinski definition) is 3. The molecule has 2 amide bonds. The van der Waals surface area contributed by atoms with Gasteiger partial charge in [-0.05, 0) is 43.1 Å². The standard InChI is InChI=1S/C30H47N3O2/c1-4-6-19-33-28(34)26(22-24-13-9-7-10-14-24)31-29(35)30(33)17-20-32(21-18-30)27(23(3)5-2)25-15-11-8-12-16-25/h8,11-12,15-16,23-24,26-27H,4-7,9-10,13-14,17-22H2,1-3H3,(H,31,35)/t23?,26-,27?/m0/s1. The Morgan fingerprint density at radius 1 is 1.03 bits per heavy atom. The van der Waals surface area contributed by atoms with Crippen LogP contribution >= 0.6 is 0 Å². The Morgan fingerprint density at radius 3 is 2.34 bits per heavy atom. The van der Waals surface area contributed by atoms with Gasteiger partial charge in [-0.1, -0.05) is 96.0 Å². The molecule has 1 aromatic rings. The summed E-state index contributed by atoms with van der Waals surface area (Å²) in [7, 11) is 0. The van der Waals surface area contributed by atoms with Crippen LogP contribution in [0.15, 0.2) is 30.3 Å². The summed E-state index contributed by atoms with van der Waals surface area (Å²) in [6.07, 6.45) is 11.6. The Hall–Kier alpha value is -1.88. The van der Waals surface area contributed by atoms with E-state index in [0.717, 1.165) is 51.6 Å². The number of amides is 2. The lowest BCUT2D eigenvalue weighted by molar-refractivity contribution is -0.162. The molecule has 0 aromatic heterocycles. The summed E-state index contributed by atoms with van der Waals surface area (Å²) in [6, 6.07) is 10.8. The zero-order valence-electron chi connectivity index (χ0n) is 22.3. The molecule has 5 heteroatoms. The number of nitrogens with zero attached hydrogens (tertiary/aromatic N) is 2. The molecule has 3 atom stereocenters. The molecule has 194 valence electrons. The van der Waals surface area contributed by atoms with Crippen molar-refractivity contribution in [2.45, 2.75) is 109 Å². The monoisotopic (exact) mass is 481 g/mol. The third-order valence-electron chi connectivity index (χ3n) is 9.18. The zero-order chi connectivity index (χ0) is 24.8. The van der Waals surface area contributed by atoms with E-state index in [1.54, 1.807) is 0 Å². The lowest BCUT2D eigenvalue weighted by atomic mass is 9.78. The highest BCUT2D eigenvalue weighted by Crippen LogP contribution is 2.40. The lowest BCUT2D eigenvalue weighted by Gasteiger charge is -2.53. The van der Waals surface area contributed by atoms with Crippen LogP contribution in [0.5, 0.6) is 0 Å². The molecule has 2 aliphatic heterocycles. The third kappa shape index (κ3) is 5.60. The molecule has 1 saturated carbocycles. The number of likely N-dealkylation sites (tertiary alicyclic amines) is 1. The first-order valence-corrected chi connectivity index (χ1v) is 14.4. The number of piperazine rings is 1. The summed E-state index contributed by atoms with van der Waals surface area (Å²) in [5, 5.41) is 3.24. The maximum absolute atomic E-state index is 13.8. The first-order valence-electron chi connectivity index (χ1n) is 14.4. The molecular weight excluding hydrogens is 434 g/mol. The molecular formula is C30H47N3O2. The second-order valence-electron chi connectivity index (χ2n) is 11.4. The van der Waals surface area contributed by atoms with Gasteiger partial charge in [-0.3, -0.25) is 14.5 Å². The molecule has 1 N–H and O–H groups in total. The van der Waals surface area contributed by atoms with Crippen molar-refractivity contribution >= 4 is 11.8 Å². The molecule has 3 fully saturated rings. The highest BCUT2D eigenvalue weighted by molar-refractivity contribution is 6.00. The summed E-state index contributed by atoms with van der Waals surface area (Å²) in [6.45, 7) is 9.17. The average Bonchev–Trinajstić information content (AvgIpc) is 2.89. The van der Waals surface area contributed by atoms with Gasteiger partial charge in [-0.25, -0.2) is 0 Å². The molecule has 2 unspecified atom stereocenters. The van der Waals surface area contributed by atoms with Crippen molar-refractivity contribution in [3.8, 4) is 0 Å². The predicted molar refractivity (Wildman–Crippen MR) is 142 cm³/mol. The van der Waals surface area contributed by atoms with Crippen LogP contribution in [0.2, 0.25) is 0 Å². The van der Waals surface area contributed by atoms with Gasteiger partial charge in [0.2, 0.25) is 11.8 Å². The Labute approximate surface area is 213 Å². The van der Waals surface area contributed by atoms with E-state index in [4.69, 9.17) is 0 Å². The summed E-state index contributed by atoms with van der Waals surface area (Å²) >= 11 is 0. The van der Waals surface area contributed by atoms with Crippen LogP contribution in [-0.4, -0.2) is 52.8 Å². The van der Waals surface area contributed by atoms with Crippen molar-refractivity contribution in [3.63, 3.8) is 0 Å². The van der Waals surface area contributed by atoms with Gasteiger partial charge < -0.3 is 10.2 Å². The smallest absolute Gasteiger partial charge is 0.246 e. The molecule has 0 radical (unpaired) electrons. The number of benzene rings is 1. The average molecular weight is 482 g/mol. The fourth-order valence-electron chi connectivity index (χ4n) is 6.87. The van der Waals surface area contributed by atoms with E-state index in [0.29, 0.717) is 24.4 Å². The van der Waals surface area contributed by atoms with Gasteiger partial charge in [-0.15, -0.1) is 0 Å². The van der Waals surface area contributed by atoms with Crippen LogP contribution in [0, 0.1) is 11.8 Å². The molecule has 2 saturated heterocycles. The summed E-state index contributed by atoms with van der Waals surface area (Å²) in [5.41, 5.74) is 0.681. The number of carbonyl (C=O) groups excluding carboxylic acids is 2.